The molecule has 0 saturated carbocycles. The van der Waals surface area contributed by atoms with Gasteiger partial charge in [0.1, 0.15) is 43.8 Å². The first-order chi connectivity index (χ1) is 13.4. The fraction of sp³-hybridized carbons (Fsp3) is 0.158. The highest BCUT2D eigenvalue weighted by molar-refractivity contribution is 6.32. The Kier molecular flexibility index (Phi) is 5.83. The second kappa shape index (κ2) is 8.47. The number of esters is 1. The highest BCUT2D eigenvalue weighted by atomic mass is 19.1. The number of aromatic nitrogens is 2. The molecular formula is C19H15BFN3O4. The van der Waals surface area contributed by atoms with Crippen molar-refractivity contribution in [3.63, 3.8) is 0 Å². The summed E-state index contributed by atoms with van der Waals surface area (Å²) in [4.78, 5) is 32.0. The first-order valence-electron chi connectivity index (χ1n) is 8.29. The van der Waals surface area contributed by atoms with Crippen molar-refractivity contribution < 1.29 is 23.1 Å². The van der Waals surface area contributed by atoms with Crippen LogP contribution in [0.4, 0.5) is 4.39 Å². The summed E-state index contributed by atoms with van der Waals surface area (Å²) in [6.45, 7) is 1.84. The average Bonchev–Trinajstić information content (AvgIpc) is 3.12. The van der Waals surface area contributed by atoms with E-state index in [-0.39, 0.29) is 30.0 Å². The normalized spacial score (nSPS) is 10.5. The monoisotopic (exact) mass is 379 g/mol. The maximum atomic E-state index is 13.2. The summed E-state index contributed by atoms with van der Waals surface area (Å²) < 4.78 is 23.6. The van der Waals surface area contributed by atoms with Crippen LogP contribution in [0.2, 0.25) is 0 Å². The summed E-state index contributed by atoms with van der Waals surface area (Å²) in [5.41, 5.74) is 0.542. The summed E-state index contributed by atoms with van der Waals surface area (Å²) in [6.07, 6.45) is 1.10. The summed E-state index contributed by atoms with van der Waals surface area (Å²) >= 11 is 0. The second-order valence-electron chi connectivity index (χ2n) is 5.92. The molecule has 3 aromatic rings. The molecule has 0 aliphatic rings. The van der Waals surface area contributed by atoms with Gasteiger partial charge in [0.15, 0.2) is 5.69 Å². The molecule has 0 saturated heterocycles. The zero-order valence-electron chi connectivity index (χ0n) is 14.9. The van der Waals surface area contributed by atoms with Gasteiger partial charge < -0.3 is 14.5 Å². The van der Waals surface area contributed by atoms with E-state index in [0.717, 1.165) is 6.33 Å². The Morgan fingerprint density at radius 3 is 2.68 bits per heavy atom. The third-order valence-electron chi connectivity index (χ3n) is 3.76. The summed E-state index contributed by atoms with van der Waals surface area (Å²) in [5, 5.41) is 2.61. The molecule has 0 spiro atoms. The fourth-order valence-electron chi connectivity index (χ4n) is 2.34. The number of benzene rings is 1. The topological polar surface area (TPSA) is 94.3 Å². The van der Waals surface area contributed by atoms with Crippen LogP contribution in [0.3, 0.4) is 0 Å². The van der Waals surface area contributed by atoms with Gasteiger partial charge in [-0.2, -0.15) is 0 Å². The number of carbonyl (C=O) groups is 2. The Hall–Kier alpha value is -3.49. The van der Waals surface area contributed by atoms with Crippen LogP contribution >= 0.6 is 0 Å². The molecule has 0 unspecified atom stereocenters. The zero-order chi connectivity index (χ0) is 20.1. The van der Waals surface area contributed by atoms with Gasteiger partial charge in [-0.25, -0.2) is 19.2 Å². The highest BCUT2D eigenvalue weighted by Crippen LogP contribution is 2.09. The quantitative estimate of drug-likeness (QED) is 0.517. The van der Waals surface area contributed by atoms with Crippen LogP contribution < -0.4 is 10.8 Å². The minimum absolute atomic E-state index is 0.00845. The number of hydrogen-bond donors (Lipinski definition) is 1. The van der Waals surface area contributed by atoms with E-state index in [1.807, 2.05) is 0 Å². The molecule has 1 amide bonds. The molecule has 0 aliphatic heterocycles. The minimum atomic E-state index is -0.711. The molecule has 2 aromatic heterocycles. The van der Waals surface area contributed by atoms with Gasteiger partial charge in [-0.05, 0) is 30.7 Å². The standard InChI is InChI=1S/C19H15BFN3O4/c1-11-2-4-13(28-11)9-27-19(26)17-7-16(23-10-24-17)18(25)22-8-12-3-5-15(21)14(20)6-12/h2-7,10H,8-9H2,1H3,(H,22,25). The summed E-state index contributed by atoms with van der Waals surface area (Å²) in [6, 6.07) is 8.83. The van der Waals surface area contributed by atoms with Gasteiger partial charge in [0.2, 0.25) is 0 Å². The van der Waals surface area contributed by atoms with Gasteiger partial charge in [-0.1, -0.05) is 17.6 Å². The largest absolute Gasteiger partial charge is 0.463 e. The van der Waals surface area contributed by atoms with Crippen molar-refractivity contribution in [1.82, 2.24) is 15.3 Å². The van der Waals surface area contributed by atoms with Crippen LogP contribution in [-0.4, -0.2) is 29.7 Å². The van der Waals surface area contributed by atoms with Crippen molar-refractivity contribution in [3.05, 3.63) is 77.0 Å². The number of aryl methyl sites for hydroxylation is 1. The Morgan fingerprint density at radius 1 is 1.18 bits per heavy atom. The predicted molar refractivity (Wildman–Crippen MR) is 97.6 cm³/mol. The van der Waals surface area contributed by atoms with Crippen molar-refractivity contribution in [3.8, 4) is 0 Å². The molecule has 3 rings (SSSR count). The van der Waals surface area contributed by atoms with Crippen LogP contribution in [0, 0.1) is 12.7 Å². The van der Waals surface area contributed by atoms with Gasteiger partial charge in [0, 0.05) is 12.6 Å². The van der Waals surface area contributed by atoms with E-state index in [4.69, 9.17) is 17.0 Å². The molecule has 2 heterocycles. The summed E-state index contributed by atoms with van der Waals surface area (Å²) in [7, 11) is 5.50. The predicted octanol–water partition coefficient (Wildman–Crippen LogP) is 1.60. The fourth-order valence-corrected chi connectivity index (χ4v) is 2.34. The highest BCUT2D eigenvalue weighted by Gasteiger charge is 2.15. The number of ether oxygens (including phenoxy) is 1. The smallest absolute Gasteiger partial charge is 0.357 e. The van der Waals surface area contributed by atoms with E-state index >= 15 is 0 Å². The first kappa shape index (κ1) is 19.3. The number of amides is 1. The van der Waals surface area contributed by atoms with E-state index in [1.54, 1.807) is 19.1 Å². The second-order valence-corrected chi connectivity index (χ2v) is 5.92. The van der Waals surface area contributed by atoms with Crippen LogP contribution in [0.1, 0.15) is 38.1 Å². The van der Waals surface area contributed by atoms with Crippen LogP contribution in [0.15, 0.2) is 47.1 Å². The van der Waals surface area contributed by atoms with Gasteiger partial charge in [-0.3, -0.25) is 4.79 Å². The molecule has 7 nitrogen and oxygen atoms in total. The van der Waals surface area contributed by atoms with Crippen LogP contribution in [0.5, 0.6) is 0 Å². The molecule has 9 heteroatoms. The molecule has 1 N–H and O–H groups in total. The maximum Gasteiger partial charge on any atom is 0.357 e. The molecule has 140 valence electrons. The Bertz CT molecular complexity index is 1020. The van der Waals surface area contributed by atoms with Crippen molar-refractivity contribution in [2.75, 3.05) is 0 Å². The van der Waals surface area contributed by atoms with E-state index in [1.165, 1.54) is 24.3 Å². The SMILES string of the molecule is [B]c1cc(CNC(=O)c2cc(C(=O)OCc3ccc(C)o3)ncn2)ccc1F. The van der Waals surface area contributed by atoms with E-state index < -0.39 is 17.7 Å². The lowest BCUT2D eigenvalue weighted by Crippen LogP contribution is -2.25. The third-order valence-corrected chi connectivity index (χ3v) is 3.76. The van der Waals surface area contributed by atoms with Crippen molar-refractivity contribution in [1.29, 1.82) is 0 Å². The number of halogens is 1. The van der Waals surface area contributed by atoms with Gasteiger partial charge in [-0.15, -0.1) is 0 Å². The molecular weight excluding hydrogens is 364 g/mol. The van der Waals surface area contributed by atoms with E-state index in [2.05, 4.69) is 15.3 Å². The average molecular weight is 379 g/mol. The van der Waals surface area contributed by atoms with Crippen molar-refractivity contribution in [2.45, 2.75) is 20.1 Å². The minimum Gasteiger partial charge on any atom is -0.463 e. The van der Waals surface area contributed by atoms with Crippen molar-refractivity contribution in [2.24, 2.45) is 0 Å². The first-order valence-corrected chi connectivity index (χ1v) is 8.29. The number of carbonyl (C=O) groups excluding carboxylic acids is 2. The lowest BCUT2D eigenvalue weighted by molar-refractivity contribution is 0.0437. The van der Waals surface area contributed by atoms with Gasteiger partial charge in [0.05, 0.1) is 0 Å². The van der Waals surface area contributed by atoms with E-state index in [9.17, 15) is 14.0 Å². The molecule has 0 atom stereocenters. The molecule has 1 aromatic carbocycles. The number of furan rings is 1. The van der Waals surface area contributed by atoms with Crippen LogP contribution in [-0.2, 0) is 17.9 Å². The maximum absolute atomic E-state index is 13.2. The Morgan fingerprint density at radius 2 is 1.96 bits per heavy atom. The number of nitrogens with zero attached hydrogens (tertiary/aromatic N) is 2. The Labute approximate surface area is 161 Å². The molecule has 28 heavy (non-hydrogen) atoms. The third kappa shape index (κ3) is 4.82. The molecule has 0 fully saturated rings. The zero-order valence-corrected chi connectivity index (χ0v) is 14.9. The Balaban J connectivity index is 1.60. The molecule has 0 bridgehead atoms. The number of nitrogens with one attached hydrogen (secondary N) is 1. The van der Waals surface area contributed by atoms with Gasteiger partial charge >= 0.3 is 5.97 Å². The molecule has 2 radical (unpaired) electrons. The summed E-state index contributed by atoms with van der Waals surface area (Å²) in [5.74, 6) is -0.567. The molecule has 0 aliphatic carbocycles. The number of hydrogen-bond acceptors (Lipinski definition) is 6. The van der Waals surface area contributed by atoms with Crippen molar-refractivity contribution >= 4 is 25.2 Å². The van der Waals surface area contributed by atoms with Gasteiger partial charge in [0.25, 0.3) is 5.91 Å². The number of rotatable bonds is 6. The lowest BCUT2D eigenvalue weighted by atomic mass is 9.93. The lowest BCUT2D eigenvalue weighted by Gasteiger charge is -2.07. The van der Waals surface area contributed by atoms with E-state index in [0.29, 0.717) is 17.1 Å². The van der Waals surface area contributed by atoms with Crippen LogP contribution in [0.25, 0.3) is 0 Å².